The Kier molecular flexibility index (Phi) is 2.12. The minimum Gasteiger partial charge on any atom is -0.479 e. The molecule has 1 heterocycles. The van der Waals surface area contributed by atoms with Crippen molar-refractivity contribution in [1.29, 1.82) is 0 Å². The fourth-order valence-corrected chi connectivity index (χ4v) is 2.89. The second kappa shape index (κ2) is 3.01. The molecular formula is C12H16O2S. The van der Waals surface area contributed by atoms with Gasteiger partial charge < -0.3 is 4.74 Å². The number of benzene rings is 1. The molecule has 0 radical (unpaired) electrons. The highest BCUT2D eigenvalue weighted by molar-refractivity contribution is 8.00. The van der Waals surface area contributed by atoms with E-state index in [-0.39, 0.29) is 11.4 Å². The zero-order valence-corrected chi connectivity index (χ0v) is 10.2. The smallest absolute Gasteiger partial charge is 0.159 e. The number of hydrogen-bond acceptors (Lipinski definition) is 2. The predicted octanol–water partition coefficient (Wildman–Crippen LogP) is 2.41. The summed E-state index contributed by atoms with van der Waals surface area (Å²) in [6.07, 6.45) is 0. The Balaban J connectivity index is 2.61. The Morgan fingerprint density at radius 2 is 2.07 bits per heavy atom. The van der Waals surface area contributed by atoms with Crippen LogP contribution in [0, 0.1) is 0 Å². The Morgan fingerprint density at radius 3 is 2.67 bits per heavy atom. The minimum absolute atomic E-state index is 0.0626. The van der Waals surface area contributed by atoms with Crippen LogP contribution < -0.4 is 4.74 Å². The standard InChI is InChI=1S/C12H16O2S/c1-12(2,3)9-5-6-10-11(7-9)15(4,13)8-14-10/h5-7H,4,8H2,1-3H3. The van der Waals surface area contributed by atoms with Gasteiger partial charge in [0, 0.05) is 9.52 Å². The van der Waals surface area contributed by atoms with Crippen molar-refractivity contribution in [2.45, 2.75) is 31.1 Å². The molecule has 0 saturated heterocycles. The highest BCUT2D eigenvalue weighted by Crippen LogP contribution is 2.35. The molecule has 1 unspecified atom stereocenters. The molecule has 15 heavy (non-hydrogen) atoms. The third kappa shape index (κ3) is 1.76. The molecular weight excluding hydrogens is 208 g/mol. The fraction of sp³-hybridized carbons (Fsp3) is 0.417. The minimum atomic E-state index is -2.21. The number of hydrogen-bond donors (Lipinski definition) is 0. The normalized spacial score (nSPS) is 24.7. The molecule has 0 bridgehead atoms. The van der Waals surface area contributed by atoms with E-state index in [1.54, 1.807) is 0 Å². The van der Waals surface area contributed by atoms with Crippen molar-refractivity contribution in [3.8, 4) is 5.75 Å². The van der Waals surface area contributed by atoms with Crippen LogP contribution in [0.4, 0.5) is 0 Å². The third-order valence-electron chi connectivity index (χ3n) is 2.62. The molecule has 0 fully saturated rings. The van der Waals surface area contributed by atoms with Gasteiger partial charge in [-0.15, -0.1) is 0 Å². The molecule has 1 aromatic rings. The van der Waals surface area contributed by atoms with Crippen LogP contribution >= 0.6 is 0 Å². The van der Waals surface area contributed by atoms with Crippen molar-refractivity contribution < 1.29 is 8.95 Å². The maximum absolute atomic E-state index is 12.1. The van der Waals surface area contributed by atoms with E-state index in [1.807, 2.05) is 18.2 Å². The quantitative estimate of drug-likeness (QED) is 0.633. The highest BCUT2D eigenvalue weighted by Gasteiger charge is 2.25. The van der Waals surface area contributed by atoms with E-state index in [9.17, 15) is 4.21 Å². The average Bonchev–Trinajstić information content (AvgIpc) is 2.41. The Hall–Kier alpha value is -0.960. The first kappa shape index (κ1) is 10.6. The van der Waals surface area contributed by atoms with Crippen molar-refractivity contribution in [2.75, 3.05) is 5.94 Å². The molecule has 82 valence electrons. The van der Waals surface area contributed by atoms with Crippen molar-refractivity contribution in [1.82, 2.24) is 0 Å². The highest BCUT2D eigenvalue weighted by atomic mass is 32.2. The summed E-state index contributed by atoms with van der Waals surface area (Å²) in [6, 6.07) is 5.89. The van der Waals surface area contributed by atoms with Crippen LogP contribution in [-0.2, 0) is 14.9 Å². The maximum atomic E-state index is 12.1. The number of fused-ring (bicyclic) bond motifs is 1. The summed E-state index contributed by atoms with van der Waals surface area (Å²) < 4.78 is 17.4. The second-order valence-electron chi connectivity index (χ2n) is 4.99. The molecule has 1 aromatic carbocycles. The van der Waals surface area contributed by atoms with Gasteiger partial charge in [-0.25, -0.2) is 0 Å². The van der Waals surface area contributed by atoms with Gasteiger partial charge in [0.25, 0.3) is 0 Å². The summed E-state index contributed by atoms with van der Waals surface area (Å²) in [5.74, 6) is 4.68. The van der Waals surface area contributed by atoms with Crippen LogP contribution in [0.25, 0.3) is 0 Å². The lowest BCUT2D eigenvalue weighted by molar-refractivity contribution is 0.393. The summed E-state index contributed by atoms with van der Waals surface area (Å²) in [4.78, 5) is 0.773. The molecule has 0 spiro atoms. The van der Waals surface area contributed by atoms with E-state index in [0.29, 0.717) is 0 Å². The molecule has 1 atom stereocenters. The molecule has 0 N–H and O–H groups in total. The number of ether oxygens (including phenoxy) is 1. The SMILES string of the molecule is C=S1(=O)COc2ccc(C(C)(C)C)cc21. The largest absolute Gasteiger partial charge is 0.479 e. The van der Waals surface area contributed by atoms with E-state index >= 15 is 0 Å². The van der Waals surface area contributed by atoms with E-state index in [1.165, 1.54) is 5.56 Å². The zero-order valence-electron chi connectivity index (χ0n) is 9.37. The average molecular weight is 224 g/mol. The molecule has 1 aliphatic rings. The lowest BCUT2D eigenvalue weighted by atomic mass is 9.87. The van der Waals surface area contributed by atoms with Gasteiger partial charge in [0.1, 0.15) is 5.75 Å². The Morgan fingerprint density at radius 1 is 1.40 bits per heavy atom. The fourth-order valence-electron chi connectivity index (χ4n) is 1.61. The predicted molar refractivity (Wildman–Crippen MR) is 64.2 cm³/mol. The first-order valence-electron chi connectivity index (χ1n) is 4.93. The van der Waals surface area contributed by atoms with E-state index in [2.05, 4.69) is 26.6 Å². The van der Waals surface area contributed by atoms with Crippen molar-refractivity contribution in [3.05, 3.63) is 23.8 Å². The molecule has 2 nitrogen and oxygen atoms in total. The first-order valence-corrected chi connectivity index (χ1v) is 6.83. The molecule has 0 amide bonds. The molecule has 0 aromatic heterocycles. The topological polar surface area (TPSA) is 26.3 Å². The van der Waals surface area contributed by atoms with Crippen LogP contribution in [0.3, 0.4) is 0 Å². The van der Waals surface area contributed by atoms with Crippen LogP contribution in [-0.4, -0.2) is 16.0 Å². The Bertz CT molecular complexity index is 493. The van der Waals surface area contributed by atoms with E-state index in [0.717, 1.165) is 10.6 Å². The molecule has 3 heteroatoms. The van der Waals surface area contributed by atoms with Crippen LogP contribution in [0.15, 0.2) is 23.1 Å². The van der Waals surface area contributed by atoms with Crippen molar-refractivity contribution >= 4 is 15.4 Å². The molecule has 1 aliphatic heterocycles. The van der Waals surface area contributed by atoms with E-state index < -0.39 is 9.52 Å². The summed E-state index contributed by atoms with van der Waals surface area (Å²) in [6.45, 7) is 6.40. The van der Waals surface area contributed by atoms with Gasteiger partial charge in [0.05, 0.1) is 4.90 Å². The lowest BCUT2D eigenvalue weighted by Crippen LogP contribution is -2.11. The number of rotatable bonds is 0. The van der Waals surface area contributed by atoms with Crippen molar-refractivity contribution in [3.63, 3.8) is 0 Å². The zero-order chi connectivity index (χ0) is 11.3. The maximum Gasteiger partial charge on any atom is 0.159 e. The van der Waals surface area contributed by atoms with Crippen molar-refractivity contribution in [2.24, 2.45) is 0 Å². The second-order valence-corrected chi connectivity index (χ2v) is 7.28. The summed E-state index contributed by atoms with van der Waals surface area (Å²) in [5, 5.41) is 0. The van der Waals surface area contributed by atoms with Gasteiger partial charge in [0.15, 0.2) is 5.94 Å². The summed E-state index contributed by atoms with van der Waals surface area (Å²) in [5.41, 5.74) is 1.23. The van der Waals surface area contributed by atoms with Gasteiger partial charge in [0.2, 0.25) is 0 Å². The molecule has 2 rings (SSSR count). The first-order chi connectivity index (χ1) is 6.81. The lowest BCUT2D eigenvalue weighted by Gasteiger charge is -2.19. The summed E-state index contributed by atoms with van der Waals surface area (Å²) in [7, 11) is -2.21. The van der Waals surface area contributed by atoms with Gasteiger partial charge in [-0.1, -0.05) is 26.8 Å². The van der Waals surface area contributed by atoms with Gasteiger partial charge >= 0.3 is 0 Å². The monoisotopic (exact) mass is 224 g/mol. The van der Waals surface area contributed by atoms with Gasteiger partial charge in [-0.05, 0) is 29.0 Å². The summed E-state index contributed by atoms with van der Waals surface area (Å²) >= 11 is 0. The van der Waals surface area contributed by atoms with E-state index in [4.69, 9.17) is 4.74 Å². The molecule has 0 saturated carbocycles. The molecule has 0 aliphatic carbocycles. The van der Waals surface area contributed by atoms with Gasteiger partial charge in [-0.2, -0.15) is 0 Å². The Labute approximate surface area is 91.3 Å². The van der Waals surface area contributed by atoms with Crippen LogP contribution in [0.5, 0.6) is 5.75 Å². The van der Waals surface area contributed by atoms with Crippen LogP contribution in [0.1, 0.15) is 26.3 Å². The van der Waals surface area contributed by atoms with Crippen LogP contribution in [0.2, 0.25) is 0 Å². The van der Waals surface area contributed by atoms with Gasteiger partial charge in [-0.3, -0.25) is 4.21 Å². The third-order valence-corrected chi connectivity index (χ3v) is 4.23.